The van der Waals surface area contributed by atoms with Crippen LogP contribution in [-0.2, 0) is 0 Å². The largest absolute Gasteiger partial charge is 0.488 e. The Kier molecular flexibility index (Phi) is 3.86. The van der Waals surface area contributed by atoms with E-state index in [0.717, 1.165) is 10.9 Å². The molecule has 1 aromatic heterocycles. The van der Waals surface area contributed by atoms with Gasteiger partial charge in [-0.1, -0.05) is 20.8 Å². The molecule has 1 unspecified atom stereocenters. The first kappa shape index (κ1) is 14.6. The van der Waals surface area contributed by atoms with Crippen LogP contribution in [-0.4, -0.2) is 12.6 Å². The van der Waals surface area contributed by atoms with E-state index in [9.17, 15) is 4.79 Å². The zero-order chi connectivity index (χ0) is 14.9. The highest BCUT2D eigenvalue weighted by Crippen LogP contribution is 2.27. The predicted octanol–water partition coefficient (Wildman–Crippen LogP) is 2.85. The summed E-state index contributed by atoms with van der Waals surface area (Å²) in [4.78, 5) is 11.4. The molecule has 1 atom stereocenters. The third-order valence-corrected chi connectivity index (χ3v) is 3.38. The normalized spacial score (nSPS) is 13.4. The van der Waals surface area contributed by atoms with Crippen LogP contribution in [0.15, 0.2) is 33.5 Å². The third kappa shape index (κ3) is 3.02. The van der Waals surface area contributed by atoms with Crippen LogP contribution < -0.4 is 16.1 Å². The van der Waals surface area contributed by atoms with Crippen molar-refractivity contribution in [1.82, 2.24) is 0 Å². The molecule has 0 fully saturated rings. The molecule has 0 radical (unpaired) electrons. The van der Waals surface area contributed by atoms with Crippen LogP contribution in [0.1, 0.15) is 26.3 Å². The Morgan fingerprint density at radius 3 is 2.60 bits per heavy atom. The molecule has 2 aromatic rings. The molecule has 0 amide bonds. The lowest BCUT2D eigenvalue weighted by Crippen LogP contribution is -2.38. The summed E-state index contributed by atoms with van der Waals surface area (Å²) in [7, 11) is 0. The number of fused-ring (bicyclic) bond motifs is 1. The Labute approximate surface area is 118 Å². The van der Waals surface area contributed by atoms with Gasteiger partial charge in [0.15, 0.2) is 0 Å². The Hall–Kier alpha value is -1.81. The summed E-state index contributed by atoms with van der Waals surface area (Å²) < 4.78 is 11.1. The minimum atomic E-state index is -0.349. The maximum absolute atomic E-state index is 11.4. The molecule has 4 heteroatoms. The Bertz CT molecular complexity index is 667. The van der Waals surface area contributed by atoms with Gasteiger partial charge in [-0.25, -0.2) is 4.79 Å². The number of nitrogens with two attached hydrogens (primary N) is 1. The molecular formula is C16H21NO3. The summed E-state index contributed by atoms with van der Waals surface area (Å²) in [6.07, 6.45) is -0.100. The number of hydrogen-bond donors (Lipinski definition) is 1. The summed E-state index contributed by atoms with van der Waals surface area (Å²) in [5.74, 6) is 0.664. The van der Waals surface area contributed by atoms with Gasteiger partial charge in [-0.3, -0.25) is 0 Å². The molecule has 1 aromatic carbocycles. The number of hydrogen-bond acceptors (Lipinski definition) is 4. The Morgan fingerprint density at radius 1 is 1.30 bits per heavy atom. The Morgan fingerprint density at radius 2 is 2.00 bits per heavy atom. The monoisotopic (exact) mass is 275 g/mol. The second kappa shape index (κ2) is 5.29. The van der Waals surface area contributed by atoms with Gasteiger partial charge >= 0.3 is 5.63 Å². The van der Waals surface area contributed by atoms with Crippen molar-refractivity contribution in [3.05, 3.63) is 40.2 Å². The van der Waals surface area contributed by atoms with Crippen molar-refractivity contribution in [3.8, 4) is 5.75 Å². The summed E-state index contributed by atoms with van der Waals surface area (Å²) in [6, 6.07) is 7.02. The molecule has 1 heterocycles. The maximum Gasteiger partial charge on any atom is 0.336 e. The second-order valence-electron chi connectivity index (χ2n) is 6.11. The predicted molar refractivity (Wildman–Crippen MR) is 80.1 cm³/mol. The van der Waals surface area contributed by atoms with Gasteiger partial charge in [-0.05, 0) is 24.6 Å². The first-order valence-corrected chi connectivity index (χ1v) is 6.72. The SMILES string of the molecule is Cc1cc(=O)oc2cc(OC(CN)C(C)(C)C)ccc12. The number of ether oxygens (including phenoxy) is 1. The highest BCUT2D eigenvalue weighted by molar-refractivity contribution is 5.81. The van der Waals surface area contributed by atoms with E-state index in [1.54, 1.807) is 6.07 Å². The van der Waals surface area contributed by atoms with Crippen molar-refractivity contribution >= 4 is 11.0 Å². The smallest absolute Gasteiger partial charge is 0.336 e. The van der Waals surface area contributed by atoms with Crippen molar-refractivity contribution < 1.29 is 9.15 Å². The minimum absolute atomic E-state index is 0.0584. The first-order chi connectivity index (χ1) is 9.31. The summed E-state index contributed by atoms with van der Waals surface area (Å²) in [5, 5.41) is 0.914. The van der Waals surface area contributed by atoms with Crippen molar-refractivity contribution in [3.63, 3.8) is 0 Å². The lowest BCUT2D eigenvalue weighted by Gasteiger charge is -2.30. The standard InChI is InChI=1S/C16H21NO3/c1-10-7-15(18)20-13-8-11(5-6-12(10)13)19-14(9-17)16(2,3)4/h5-8,14H,9,17H2,1-4H3. The molecule has 2 rings (SSSR count). The van der Waals surface area contributed by atoms with Gasteiger partial charge in [0.05, 0.1) is 0 Å². The zero-order valence-electron chi connectivity index (χ0n) is 12.4. The molecule has 0 aliphatic carbocycles. The van der Waals surface area contributed by atoms with E-state index in [1.165, 1.54) is 6.07 Å². The molecule has 0 aliphatic heterocycles. The zero-order valence-corrected chi connectivity index (χ0v) is 12.4. The van der Waals surface area contributed by atoms with Crippen molar-refractivity contribution in [2.24, 2.45) is 11.1 Å². The van der Waals surface area contributed by atoms with Gasteiger partial charge in [0.2, 0.25) is 0 Å². The minimum Gasteiger partial charge on any atom is -0.488 e. The highest BCUT2D eigenvalue weighted by Gasteiger charge is 2.25. The van der Waals surface area contributed by atoms with E-state index < -0.39 is 0 Å². The molecule has 108 valence electrons. The Balaban J connectivity index is 2.39. The van der Waals surface area contributed by atoms with Crippen LogP contribution in [0.2, 0.25) is 0 Å². The third-order valence-electron chi connectivity index (χ3n) is 3.38. The van der Waals surface area contributed by atoms with Gasteiger partial charge < -0.3 is 14.9 Å². The van der Waals surface area contributed by atoms with E-state index in [0.29, 0.717) is 17.9 Å². The number of aryl methyl sites for hydroxylation is 1. The van der Waals surface area contributed by atoms with Crippen LogP contribution in [0, 0.1) is 12.3 Å². The van der Waals surface area contributed by atoms with Crippen LogP contribution in [0.3, 0.4) is 0 Å². The van der Waals surface area contributed by atoms with Crippen LogP contribution in [0.25, 0.3) is 11.0 Å². The van der Waals surface area contributed by atoms with Crippen molar-refractivity contribution in [1.29, 1.82) is 0 Å². The molecule has 0 aliphatic rings. The van der Waals surface area contributed by atoms with Crippen LogP contribution >= 0.6 is 0 Å². The fourth-order valence-electron chi connectivity index (χ4n) is 2.12. The van der Waals surface area contributed by atoms with E-state index in [2.05, 4.69) is 20.8 Å². The lowest BCUT2D eigenvalue weighted by molar-refractivity contribution is 0.0942. The average molecular weight is 275 g/mol. The molecule has 0 spiro atoms. The highest BCUT2D eigenvalue weighted by atomic mass is 16.5. The van der Waals surface area contributed by atoms with E-state index in [1.807, 2.05) is 19.1 Å². The van der Waals surface area contributed by atoms with E-state index >= 15 is 0 Å². The van der Waals surface area contributed by atoms with Gasteiger partial charge in [0, 0.05) is 29.5 Å². The van der Waals surface area contributed by atoms with E-state index in [-0.39, 0.29) is 17.1 Å². The quantitative estimate of drug-likeness (QED) is 0.875. The van der Waals surface area contributed by atoms with Crippen molar-refractivity contribution in [2.45, 2.75) is 33.8 Å². The molecule has 4 nitrogen and oxygen atoms in total. The average Bonchev–Trinajstić information content (AvgIpc) is 2.33. The second-order valence-corrected chi connectivity index (χ2v) is 6.11. The topological polar surface area (TPSA) is 65.5 Å². The summed E-state index contributed by atoms with van der Waals surface area (Å²) in [6.45, 7) is 8.55. The van der Waals surface area contributed by atoms with Gasteiger partial charge in [-0.15, -0.1) is 0 Å². The maximum atomic E-state index is 11.4. The van der Waals surface area contributed by atoms with Gasteiger partial charge in [-0.2, -0.15) is 0 Å². The summed E-state index contributed by atoms with van der Waals surface area (Å²) >= 11 is 0. The number of rotatable bonds is 3. The number of benzene rings is 1. The summed E-state index contributed by atoms with van der Waals surface area (Å²) in [5.41, 5.74) is 6.80. The van der Waals surface area contributed by atoms with Crippen LogP contribution in [0.4, 0.5) is 0 Å². The molecule has 0 saturated heterocycles. The van der Waals surface area contributed by atoms with Gasteiger partial charge in [0.25, 0.3) is 0 Å². The van der Waals surface area contributed by atoms with Gasteiger partial charge in [0.1, 0.15) is 17.4 Å². The van der Waals surface area contributed by atoms with Crippen molar-refractivity contribution in [2.75, 3.05) is 6.54 Å². The molecule has 0 bridgehead atoms. The van der Waals surface area contributed by atoms with Crippen LogP contribution in [0.5, 0.6) is 5.75 Å². The lowest BCUT2D eigenvalue weighted by atomic mass is 9.89. The van der Waals surface area contributed by atoms with E-state index in [4.69, 9.17) is 14.9 Å². The molecular weight excluding hydrogens is 254 g/mol. The first-order valence-electron chi connectivity index (χ1n) is 6.72. The molecule has 0 saturated carbocycles. The molecule has 20 heavy (non-hydrogen) atoms. The fraction of sp³-hybridized carbons (Fsp3) is 0.438. The molecule has 2 N–H and O–H groups in total. The fourth-order valence-corrected chi connectivity index (χ4v) is 2.12.